The first-order chi connectivity index (χ1) is 25.8. The first kappa shape index (κ1) is 37.8. The molecular weight excluding hydrogens is 701 g/mol. The van der Waals surface area contributed by atoms with Crippen molar-refractivity contribution in [2.24, 2.45) is 11.3 Å². The molecule has 1 amide bonds. The van der Waals surface area contributed by atoms with Gasteiger partial charge in [-0.15, -0.1) is 0 Å². The zero-order valence-electron chi connectivity index (χ0n) is 32.1. The first-order valence-corrected chi connectivity index (χ1v) is 20.6. The fourth-order valence-electron chi connectivity index (χ4n) is 8.03. The van der Waals surface area contributed by atoms with Crippen molar-refractivity contribution in [3.63, 3.8) is 0 Å². The van der Waals surface area contributed by atoms with Crippen LogP contribution >= 0.6 is 0 Å². The van der Waals surface area contributed by atoms with Gasteiger partial charge < -0.3 is 19.3 Å². The van der Waals surface area contributed by atoms with Crippen molar-refractivity contribution in [2.45, 2.75) is 90.6 Å². The molecule has 2 fully saturated rings. The molecule has 0 spiro atoms. The molecule has 2 aromatic carbocycles. The van der Waals surface area contributed by atoms with Gasteiger partial charge in [-0.2, -0.15) is 4.98 Å². The van der Waals surface area contributed by atoms with E-state index in [1.54, 1.807) is 17.0 Å². The summed E-state index contributed by atoms with van der Waals surface area (Å²) in [6, 6.07) is 16.0. The van der Waals surface area contributed by atoms with Crippen LogP contribution in [0.25, 0.3) is 11.3 Å². The highest BCUT2D eigenvalue weighted by Crippen LogP contribution is 2.38. The number of aromatic nitrogens is 3. The Hall–Kier alpha value is -4.55. The number of benzene rings is 2. The topological polar surface area (TPSA) is 127 Å². The van der Waals surface area contributed by atoms with Gasteiger partial charge in [0.25, 0.3) is 15.9 Å². The fraction of sp³-hybridized carbons (Fsp3) is 0.476. The number of morpholine rings is 1. The third-order valence-electron chi connectivity index (χ3n) is 10.8. The fourth-order valence-corrected chi connectivity index (χ4v) is 9.02. The van der Waals surface area contributed by atoms with Crippen LogP contribution in [0.3, 0.4) is 0 Å². The molecule has 0 radical (unpaired) electrons. The SMILES string of the molecule is Cc1cccc(CC2CCCC2)c1-c1nc2nc(c1C)OC[C@@H](CC(C)(C)C)N(Cc1ccc(N3CCOCC3)cn1)C(=O)c1cccc(c1)S(=O)(=O)N2. The van der Waals surface area contributed by atoms with E-state index in [2.05, 4.69) is 60.5 Å². The molecule has 4 aromatic rings. The van der Waals surface area contributed by atoms with Gasteiger partial charge in [0, 0.05) is 29.8 Å². The Bertz CT molecular complexity index is 2090. The number of ether oxygens (including phenoxy) is 2. The van der Waals surface area contributed by atoms with Gasteiger partial charge in [0.2, 0.25) is 11.8 Å². The lowest BCUT2D eigenvalue weighted by Gasteiger charge is -2.36. The van der Waals surface area contributed by atoms with Crippen molar-refractivity contribution in [3.05, 3.63) is 88.7 Å². The predicted molar refractivity (Wildman–Crippen MR) is 210 cm³/mol. The summed E-state index contributed by atoms with van der Waals surface area (Å²) in [6.45, 7) is 13.7. The smallest absolute Gasteiger partial charge is 0.264 e. The summed E-state index contributed by atoms with van der Waals surface area (Å²) in [5.41, 5.74) is 6.35. The molecule has 0 unspecified atom stereocenters. The summed E-state index contributed by atoms with van der Waals surface area (Å²) in [4.78, 5) is 32.9. The second-order valence-electron chi connectivity index (χ2n) is 16.2. The van der Waals surface area contributed by atoms with Crippen molar-refractivity contribution in [3.8, 4) is 17.1 Å². The Morgan fingerprint density at radius 3 is 2.44 bits per heavy atom. The molecule has 12 heteroatoms. The molecule has 4 heterocycles. The van der Waals surface area contributed by atoms with E-state index in [1.165, 1.54) is 43.4 Å². The number of aryl methyl sites for hydroxylation is 1. The maximum absolute atomic E-state index is 14.6. The Morgan fingerprint density at radius 2 is 1.72 bits per heavy atom. The van der Waals surface area contributed by atoms with E-state index in [0.29, 0.717) is 42.5 Å². The molecule has 1 aliphatic carbocycles. The number of nitrogens with zero attached hydrogens (tertiary/aromatic N) is 5. The van der Waals surface area contributed by atoms with Gasteiger partial charge in [0.05, 0.1) is 54.0 Å². The lowest BCUT2D eigenvalue weighted by molar-refractivity contribution is 0.0508. The standard InChI is InChI=1S/C42H52N6O5S/c1-28-10-8-13-31(22-30-11-6-7-12-30)37(28)38-29(2)39-45-41(44-38)46-54(50,51)36-15-9-14-32(23-36)40(49)48(35(27-53-39)24-42(3,4)5)26-33-16-17-34(25-43-33)47-18-20-52-21-19-47/h8-10,13-17,23,25,30,35H,6-7,11-12,18-22,24,26-27H2,1-5H3,(H,44,45,46)/t35-/m1/s1. The number of hydrogen-bond acceptors (Lipinski definition) is 9. The number of sulfonamides is 1. The zero-order valence-corrected chi connectivity index (χ0v) is 32.9. The molecule has 1 saturated heterocycles. The van der Waals surface area contributed by atoms with E-state index in [1.807, 2.05) is 25.3 Å². The molecule has 4 bridgehead atoms. The number of fused-ring (bicyclic) bond motifs is 4. The van der Waals surface area contributed by atoms with E-state index in [4.69, 9.17) is 19.4 Å². The second-order valence-corrected chi connectivity index (χ2v) is 17.9. The number of rotatable bonds is 7. The van der Waals surface area contributed by atoms with Crippen LogP contribution in [0.1, 0.15) is 85.6 Å². The van der Waals surface area contributed by atoms with Gasteiger partial charge in [-0.05, 0) is 79.5 Å². The molecule has 286 valence electrons. The minimum absolute atomic E-state index is 0.0566. The molecule has 2 aromatic heterocycles. The van der Waals surface area contributed by atoms with Crippen LogP contribution in [0.15, 0.2) is 65.7 Å². The normalized spacial score (nSPS) is 19.4. The van der Waals surface area contributed by atoms with E-state index in [0.717, 1.165) is 36.3 Å². The largest absolute Gasteiger partial charge is 0.475 e. The van der Waals surface area contributed by atoms with E-state index >= 15 is 0 Å². The highest BCUT2D eigenvalue weighted by molar-refractivity contribution is 7.92. The maximum Gasteiger partial charge on any atom is 0.264 e. The molecule has 1 atom stereocenters. The van der Waals surface area contributed by atoms with Gasteiger partial charge in [-0.25, -0.2) is 18.1 Å². The van der Waals surface area contributed by atoms with Gasteiger partial charge in [-0.3, -0.25) is 9.78 Å². The highest BCUT2D eigenvalue weighted by Gasteiger charge is 2.32. The van der Waals surface area contributed by atoms with Crippen molar-refractivity contribution in [1.29, 1.82) is 0 Å². The predicted octanol–water partition coefficient (Wildman–Crippen LogP) is 7.37. The van der Waals surface area contributed by atoms with Crippen molar-refractivity contribution >= 4 is 27.6 Å². The van der Waals surface area contributed by atoms with E-state index < -0.39 is 16.1 Å². The molecule has 7 rings (SSSR count). The monoisotopic (exact) mass is 752 g/mol. The van der Waals surface area contributed by atoms with E-state index in [9.17, 15) is 13.2 Å². The third-order valence-corrected chi connectivity index (χ3v) is 12.1. The number of hydrogen-bond donors (Lipinski definition) is 1. The molecule has 1 saturated carbocycles. The lowest BCUT2D eigenvalue weighted by atomic mass is 9.87. The van der Waals surface area contributed by atoms with E-state index in [-0.39, 0.29) is 46.8 Å². The first-order valence-electron chi connectivity index (χ1n) is 19.2. The molecule has 1 N–H and O–H groups in total. The summed E-state index contributed by atoms with van der Waals surface area (Å²) in [5, 5.41) is 0. The van der Waals surface area contributed by atoms with Gasteiger partial charge in [0.1, 0.15) is 6.61 Å². The maximum atomic E-state index is 14.6. The molecular formula is C42H52N6O5S. The molecule has 2 aliphatic heterocycles. The summed E-state index contributed by atoms with van der Waals surface area (Å²) in [6.07, 6.45) is 8.27. The summed E-state index contributed by atoms with van der Waals surface area (Å²) >= 11 is 0. The summed E-state index contributed by atoms with van der Waals surface area (Å²) in [7, 11) is -4.19. The van der Waals surface area contributed by atoms with Gasteiger partial charge >= 0.3 is 0 Å². The van der Waals surface area contributed by atoms with Crippen LogP contribution in [0.2, 0.25) is 0 Å². The van der Waals surface area contributed by atoms with Crippen LogP contribution < -0.4 is 14.4 Å². The lowest BCUT2D eigenvalue weighted by Crippen LogP contribution is -2.45. The number of pyridine rings is 1. The summed E-state index contributed by atoms with van der Waals surface area (Å²) in [5.74, 6) is 0.486. The Morgan fingerprint density at radius 1 is 0.963 bits per heavy atom. The average molecular weight is 753 g/mol. The van der Waals surface area contributed by atoms with Gasteiger partial charge in [-0.1, -0.05) is 70.7 Å². The number of carbonyl (C=O) groups is 1. The van der Waals surface area contributed by atoms with Crippen molar-refractivity contribution in [1.82, 2.24) is 19.9 Å². The van der Waals surface area contributed by atoms with Crippen molar-refractivity contribution in [2.75, 3.05) is 42.5 Å². The molecule has 54 heavy (non-hydrogen) atoms. The number of anilines is 2. The Kier molecular flexibility index (Phi) is 11.0. The number of carbonyl (C=O) groups excluding carboxylic acids is 1. The minimum Gasteiger partial charge on any atom is -0.475 e. The zero-order chi connectivity index (χ0) is 38.0. The van der Waals surface area contributed by atoms with Crippen molar-refractivity contribution < 1.29 is 22.7 Å². The molecule has 11 nitrogen and oxygen atoms in total. The van der Waals surface area contributed by atoms with Crippen LogP contribution in [-0.2, 0) is 27.7 Å². The van der Waals surface area contributed by atoms with Crippen LogP contribution in [0.5, 0.6) is 5.88 Å². The Labute approximate surface area is 319 Å². The van der Waals surface area contributed by atoms with Crippen LogP contribution in [-0.4, -0.2) is 73.1 Å². The molecule has 3 aliphatic rings. The second kappa shape index (κ2) is 15.7. The summed E-state index contributed by atoms with van der Waals surface area (Å²) < 4.78 is 42.8. The quantitative estimate of drug-likeness (QED) is 0.206. The van der Waals surface area contributed by atoms with Crippen LogP contribution in [0, 0.1) is 25.2 Å². The van der Waals surface area contributed by atoms with Crippen LogP contribution in [0.4, 0.5) is 11.6 Å². The minimum atomic E-state index is -4.19. The number of nitrogens with one attached hydrogen (secondary N) is 1. The average Bonchev–Trinajstić information content (AvgIpc) is 3.66. The Balaban J connectivity index is 1.32. The third kappa shape index (κ3) is 8.55. The van der Waals surface area contributed by atoms with Gasteiger partial charge in [0.15, 0.2) is 0 Å². The highest BCUT2D eigenvalue weighted by atomic mass is 32.2. The number of amides is 1.